The van der Waals surface area contributed by atoms with Crippen LogP contribution in [-0.2, 0) is 20.2 Å². The second-order valence-electron chi connectivity index (χ2n) is 14.6. The second-order valence-corrected chi connectivity index (χ2v) is 17.3. The zero-order valence-corrected chi connectivity index (χ0v) is 42.1. The van der Waals surface area contributed by atoms with Crippen molar-refractivity contribution in [2.75, 3.05) is 0 Å². The summed E-state index contributed by atoms with van der Waals surface area (Å²) in [6.45, 7) is 0. The van der Waals surface area contributed by atoms with Gasteiger partial charge in [-0.1, -0.05) is 243 Å². The molecule has 0 aromatic heterocycles. The second kappa shape index (κ2) is 24.9. The molecule has 0 fully saturated rings. The van der Waals surface area contributed by atoms with E-state index in [4.69, 9.17) is 0 Å². The summed E-state index contributed by atoms with van der Waals surface area (Å²) in [5.41, 5.74) is 9.56. The van der Waals surface area contributed by atoms with Crippen LogP contribution in [0.15, 0.2) is 216 Å². The molecule has 0 atom stereocenters. The summed E-state index contributed by atoms with van der Waals surface area (Å²) in [7, 11) is -9.28. The van der Waals surface area contributed by atoms with E-state index < -0.39 is 20.2 Å². The maximum Gasteiger partial charge on any atom is 1.00 e. The van der Waals surface area contributed by atoms with Crippen LogP contribution in [0.1, 0.15) is 44.5 Å². The third-order valence-corrected chi connectivity index (χ3v) is 11.8. The van der Waals surface area contributed by atoms with Crippen molar-refractivity contribution in [3.63, 3.8) is 0 Å². The van der Waals surface area contributed by atoms with E-state index in [0.29, 0.717) is 33.4 Å². The van der Waals surface area contributed by atoms with Gasteiger partial charge in [0.2, 0.25) is 0 Å². The third-order valence-electron chi connectivity index (χ3n) is 10.1. The number of benzene rings is 8. The van der Waals surface area contributed by atoms with Crippen LogP contribution in [0, 0.1) is 0 Å². The van der Waals surface area contributed by atoms with Gasteiger partial charge in [0.05, 0.1) is 9.79 Å². The molecule has 0 saturated heterocycles. The van der Waals surface area contributed by atoms with Crippen LogP contribution in [0.25, 0.3) is 70.9 Å². The number of rotatable bonds is 12. The van der Waals surface area contributed by atoms with Crippen molar-refractivity contribution in [3.8, 4) is 22.3 Å². The van der Waals surface area contributed by atoms with Gasteiger partial charge in [-0.25, -0.2) is 16.8 Å². The van der Waals surface area contributed by atoms with Crippen molar-refractivity contribution in [1.82, 2.24) is 0 Å². The summed E-state index contributed by atoms with van der Waals surface area (Å²) in [6, 6.07) is 64.0. The van der Waals surface area contributed by atoms with Gasteiger partial charge >= 0.3 is 59.1 Å². The minimum atomic E-state index is -4.64. The summed E-state index contributed by atoms with van der Waals surface area (Å²) in [5.74, 6) is 0. The Kier molecular flexibility index (Phi) is 19.4. The van der Waals surface area contributed by atoms with E-state index in [1.807, 2.05) is 218 Å². The van der Waals surface area contributed by atoms with Crippen LogP contribution in [0.4, 0.5) is 0 Å². The molecule has 0 radical (unpaired) electrons. The average molecular weight is 921 g/mol. The largest absolute Gasteiger partial charge is 1.00 e. The molecule has 0 heterocycles. The normalized spacial score (nSPS) is 11.5. The molecule has 0 spiro atoms. The molecule has 66 heavy (non-hydrogen) atoms. The van der Waals surface area contributed by atoms with Gasteiger partial charge in [0, 0.05) is 0 Å². The summed E-state index contributed by atoms with van der Waals surface area (Å²) < 4.78 is 71.9. The van der Waals surface area contributed by atoms with E-state index in [-0.39, 0.29) is 68.9 Å². The van der Waals surface area contributed by atoms with Crippen LogP contribution < -0.4 is 59.1 Å². The quantitative estimate of drug-likeness (QED) is 0.0728. The van der Waals surface area contributed by atoms with E-state index in [9.17, 15) is 25.9 Å². The van der Waals surface area contributed by atoms with Gasteiger partial charge in [-0.15, -0.1) is 0 Å². The Balaban J connectivity index is 0.000000240. The fraction of sp³-hybridized carbons (Fsp3) is 0. The van der Waals surface area contributed by atoms with Crippen molar-refractivity contribution in [2.24, 2.45) is 0 Å². The Morgan fingerprint density at radius 3 is 0.727 bits per heavy atom. The van der Waals surface area contributed by atoms with Crippen LogP contribution in [0.3, 0.4) is 0 Å². The Morgan fingerprint density at radius 1 is 0.273 bits per heavy atom. The first kappa shape index (κ1) is 51.5. The number of hydrogen-bond donors (Lipinski definition) is 0. The molecule has 0 aliphatic rings. The van der Waals surface area contributed by atoms with Gasteiger partial charge in [0.1, 0.15) is 20.2 Å². The van der Waals surface area contributed by atoms with E-state index >= 15 is 0 Å². The fourth-order valence-corrected chi connectivity index (χ4v) is 8.22. The predicted octanol–water partition coefficient (Wildman–Crippen LogP) is 7.21. The Labute approximate surface area is 432 Å². The van der Waals surface area contributed by atoms with E-state index in [1.54, 1.807) is 24.3 Å². The Bertz CT molecular complexity index is 2940. The molecule has 0 amide bonds. The number of hydrogen-bond acceptors (Lipinski definition) is 6. The van der Waals surface area contributed by atoms with Gasteiger partial charge in [0.25, 0.3) is 0 Å². The van der Waals surface area contributed by atoms with Gasteiger partial charge in [-0.3, -0.25) is 0 Å². The minimum absolute atomic E-state index is 0. The maximum atomic E-state index is 12.0. The van der Waals surface area contributed by atoms with Gasteiger partial charge in [0.15, 0.2) is 0 Å². The summed E-state index contributed by atoms with van der Waals surface area (Å²) in [5, 5.41) is 0. The van der Waals surface area contributed by atoms with Crippen molar-refractivity contribution in [1.29, 1.82) is 0 Å². The van der Waals surface area contributed by atoms with E-state index in [1.165, 1.54) is 12.1 Å². The molecule has 0 aliphatic heterocycles. The average Bonchev–Trinajstić information content (AvgIpc) is 3.32. The van der Waals surface area contributed by atoms with Crippen molar-refractivity contribution in [3.05, 3.63) is 251 Å². The zero-order chi connectivity index (χ0) is 44.8. The van der Waals surface area contributed by atoms with Gasteiger partial charge in [-0.05, 0) is 78.9 Å². The molecule has 0 bridgehead atoms. The zero-order valence-electron chi connectivity index (χ0n) is 36.5. The molecule has 6 nitrogen and oxygen atoms in total. The van der Waals surface area contributed by atoms with Crippen molar-refractivity contribution in [2.45, 2.75) is 9.79 Å². The predicted molar refractivity (Wildman–Crippen MR) is 261 cm³/mol. The summed E-state index contributed by atoms with van der Waals surface area (Å²) >= 11 is 0. The first-order valence-corrected chi connectivity index (χ1v) is 23.1. The van der Waals surface area contributed by atoms with Crippen LogP contribution >= 0.6 is 0 Å². The smallest absolute Gasteiger partial charge is 0.744 e. The standard InChI is InChI=1S/2C28H22O3S.2Na/c2*29-32(30,31)28-21-25(14-13-23-9-5-2-6-10-23)17-20-27(28)26-18-15-24(16-19-26)12-11-22-7-3-1-4-8-22;;/h2*1-21H,(H,29,30,31);;/q;;2*+1/p-2. The molecule has 316 valence electrons. The molecular weight excluding hydrogens is 879 g/mol. The molecule has 0 unspecified atom stereocenters. The molecule has 0 N–H and O–H groups in total. The van der Waals surface area contributed by atoms with Crippen LogP contribution in [-0.4, -0.2) is 25.9 Å². The summed E-state index contributed by atoms with van der Waals surface area (Å²) in [4.78, 5) is -0.444. The van der Waals surface area contributed by atoms with Gasteiger partial charge in [-0.2, -0.15) is 0 Å². The van der Waals surface area contributed by atoms with Crippen molar-refractivity contribution >= 4 is 68.8 Å². The van der Waals surface area contributed by atoms with Crippen molar-refractivity contribution < 1.29 is 85.1 Å². The first-order chi connectivity index (χ1) is 31.0. The molecule has 10 heteroatoms. The topological polar surface area (TPSA) is 114 Å². The Hall–Kier alpha value is -5.46. The molecule has 8 aromatic rings. The van der Waals surface area contributed by atoms with E-state index in [0.717, 1.165) is 33.4 Å². The fourth-order valence-electron chi connectivity index (χ4n) is 6.75. The molecular formula is C56H42Na2O6S2. The molecule has 0 saturated carbocycles. The molecule has 8 aromatic carbocycles. The summed E-state index contributed by atoms with van der Waals surface area (Å²) in [6.07, 6.45) is 15.3. The first-order valence-electron chi connectivity index (χ1n) is 20.3. The minimum Gasteiger partial charge on any atom is -0.744 e. The van der Waals surface area contributed by atoms with Crippen LogP contribution in [0.2, 0.25) is 0 Å². The van der Waals surface area contributed by atoms with Gasteiger partial charge < -0.3 is 9.11 Å². The monoisotopic (exact) mass is 920 g/mol. The molecule has 0 aliphatic carbocycles. The Morgan fingerprint density at radius 2 is 0.485 bits per heavy atom. The third kappa shape index (κ3) is 15.3. The molecule has 8 rings (SSSR count). The maximum absolute atomic E-state index is 12.0. The van der Waals surface area contributed by atoms with Crippen LogP contribution in [0.5, 0.6) is 0 Å². The van der Waals surface area contributed by atoms with E-state index in [2.05, 4.69) is 0 Å². The SMILES string of the molecule is O=S(=O)([O-])c1cc(C=Cc2ccccc2)ccc1-c1ccc(C=Cc2ccccc2)cc1.O=S(=O)([O-])c1cc(C=Cc2ccccc2)ccc1-c1ccc(C=Cc2ccccc2)cc1.[Na+].[Na+].